The number of carboxylic acid groups (broad SMARTS) is 2. The molecule has 6 aliphatic rings. The van der Waals surface area contributed by atoms with Crippen LogP contribution in [0.15, 0.2) is 78.9 Å². The number of hydrogen-bond acceptors (Lipinski definition) is 9. The molecule has 2 saturated heterocycles. The largest absolute Gasteiger partial charge is 0.465 e. The minimum Gasteiger partial charge on any atom is -0.465 e. The topological polar surface area (TPSA) is 229 Å². The monoisotopic (exact) mass is 807 g/mol. The van der Waals surface area contributed by atoms with Gasteiger partial charge in [0.1, 0.15) is 11.1 Å². The molecule has 6 amide bonds. The molecule has 9 rings (SSSR count). The highest BCUT2D eigenvalue weighted by Crippen LogP contribution is 2.59. The number of fused-ring (bicyclic) bond motifs is 8. The van der Waals surface area contributed by atoms with Crippen LogP contribution in [0.4, 0.5) is 15.3 Å². The SMILES string of the molecule is CC(C)C1(C(N)=O)Cc2ccc(cc2)[C@]1(C(=O)NC(=O)O)N1CCCC1N(c1ccccc1)C1CCCN1[C@@]1(C(=O)NC(=O)O)c2ccc(cc2)CC1(C(N)=O)C(C)C. The Morgan fingerprint density at radius 1 is 0.627 bits per heavy atom. The van der Waals surface area contributed by atoms with Crippen LogP contribution in [0.1, 0.15) is 75.6 Å². The molecule has 59 heavy (non-hydrogen) atoms. The molecule has 15 nitrogen and oxygen atoms in total. The maximum Gasteiger partial charge on any atom is 0.411 e. The fraction of sp³-hybridized carbons (Fsp3) is 0.455. The summed E-state index contributed by atoms with van der Waals surface area (Å²) < 4.78 is 0. The fourth-order valence-electron chi connectivity index (χ4n) is 11.6. The predicted octanol–water partition coefficient (Wildman–Crippen LogP) is 4.08. The van der Waals surface area contributed by atoms with Crippen LogP contribution in [0.25, 0.3) is 0 Å². The van der Waals surface area contributed by atoms with E-state index < -0.39 is 81.9 Å². The molecular weight excluding hydrogens is 755 g/mol. The lowest BCUT2D eigenvalue weighted by Crippen LogP contribution is -2.75. The van der Waals surface area contributed by atoms with Crippen molar-refractivity contribution in [1.29, 1.82) is 0 Å². The first-order valence-electron chi connectivity index (χ1n) is 20.3. The summed E-state index contributed by atoms with van der Waals surface area (Å²) in [5.74, 6) is -4.49. The van der Waals surface area contributed by atoms with Gasteiger partial charge in [-0.25, -0.2) is 9.59 Å². The fourth-order valence-corrected chi connectivity index (χ4v) is 11.6. The Hall–Kier alpha value is -5.80. The molecule has 3 aromatic carbocycles. The zero-order valence-electron chi connectivity index (χ0n) is 33.8. The van der Waals surface area contributed by atoms with Crippen molar-refractivity contribution in [2.45, 2.75) is 89.6 Å². The average Bonchev–Trinajstić information content (AvgIpc) is 3.72. The number of likely N-dealkylation sites (tertiary alicyclic amines) is 2. The zero-order chi connectivity index (χ0) is 42.7. The lowest BCUT2D eigenvalue weighted by Gasteiger charge is -2.59. The molecule has 0 radical (unpaired) electrons. The number of para-hydroxylation sites is 1. The highest BCUT2D eigenvalue weighted by atomic mass is 16.4. The van der Waals surface area contributed by atoms with Crippen molar-refractivity contribution in [3.8, 4) is 0 Å². The van der Waals surface area contributed by atoms with Crippen molar-refractivity contribution >= 4 is 41.5 Å². The maximum atomic E-state index is 15.2. The standard InChI is InChI=1S/C44H53N7O8/c1-26(2)41(35(45)52)24-28-14-18-30(19-15-28)43(41,37(54)47-39(56)57)49-22-8-12-33(49)51(32-10-6-5-7-11-32)34-13-9-23-50(34)44(38(55)48-40(58)59)31-20-16-29(17-21-31)25-42(44,27(3)4)36(46)53/h5-7,10-11,14-21,26-27,33-34H,8-9,12-13,22-25H2,1-4H3,(H2,45,52)(H2,46,53)(H,47,54)(H,48,55)(H,56,57)(H,58,59)/t33?,34?,41?,42?,43-,44-/m1/s1. The number of rotatable bonds is 11. The third-order valence-corrected chi connectivity index (χ3v) is 13.9. The lowest BCUT2D eigenvalue weighted by molar-refractivity contribution is -0.167. The van der Waals surface area contributed by atoms with Gasteiger partial charge in [-0.2, -0.15) is 0 Å². The van der Waals surface area contributed by atoms with Gasteiger partial charge in [-0.15, -0.1) is 0 Å². The summed E-state index contributed by atoms with van der Waals surface area (Å²) in [6, 6.07) is 23.8. The van der Waals surface area contributed by atoms with Crippen LogP contribution in [-0.4, -0.2) is 81.2 Å². The molecule has 0 aromatic heterocycles. The van der Waals surface area contributed by atoms with Crippen LogP contribution in [0.5, 0.6) is 0 Å². The normalized spacial score (nSPS) is 28.9. The summed E-state index contributed by atoms with van der Waals surface area (Å²) in [5, 5.41) is 24.6. The molecule has 4 unspecified atom stereocenters. The van der Waals surface area contributed by atoms with Crippen LogP contribution >= 0.6 is 0 Å². The third-order valence-electron chi connectivity index (χ3n) is 13.9. The number of carbonyl (C=O) groups excluding carboxylic acids is 4. The second-order valence-electron chi connectivity index (χ2n) is 17.0. The van der Waals surface area contributed by atoms with Crippen molar-refractivity contribution in [2.75, 3.05) is 18.0 Å². The van der Waals surface area contributed by atoms with Gasteiger partial charge >= 0.3 is 12.2 Å². The summed E-state index contributed by atoms with van der Waals surface area (Å²) in [6.07, 6.45) is -2.65. The Balaban J connectivity index is 1.52. The molecular formula is C44H53N7O8. The highest BCUT2D eigenvalue weighted by molar-refractivity contribution is 6.04. The second-order valence-corrected chi connectivity index (χ2v) is 17.0. The molecule has 4 aliphatic carbocycles. The van der Waals surface area contributed by atoms with Crippen molar-refractivity contribution in [3.63, 3.8) is 0 Å². The van der Waals surface area contributed by atoms with E-state index in [1.54, 1.807) is 24.3 Å². The first kappa shape index (κ1) is 41.4. The van der Waals surface area contributed by atoms with E-state index in [0.29, 0.717) is 42.5 Å². The van der Waals surface area contributed by atoms with Gasteiger partial charge in [0.15, 0.2) is 0 Å². The Kier molecular flexibility index (Phi) is 10.6. The number of carbonyl (C=O) groups is 6. The van der Waals surface area contributed by atoms with Crippen molar-refractivity contribution in [1.82, 2.24) is 20.4 Å². The summed E-state index contributed by atoms with van der Waals surface area (Å²) in [6.45, 7) is 7.76. The van der Waals surface area contributed by atoms with E-state index in [0.717, 1.165) is 11.1 Å². The number of benzene rings is 3. The number of nitrogens with zero attached hydrogens (tertiary/aromatic N) is 3. The molecule has 0 saturated carbocycles. The molecule has 0 spiro atoms. The number of nitrogens with two attached hydrogens (primary N) is 2. The molecule has 2 fully saturated rings. The molecule has 15 heteroatoms. The van der Waals surface area contributed by atoms with Gasteiger partial charge in [0.05, 0.1) is 23.2 Å². The van der Waals surface area contributed by atoms with Crippen molar-refractivity contribution in [2.24, 2.45) is 34.1 Å². The maximum absolute atomic E-state index is 15.2. The molecule has 2 heterocycles. The van der Waals surface area contributed by atoms with E-state index in [-0.39, 0.29) is 25.9 Å². The molecule has 3 aromatic rings. The van der Waals surface area contributed by atoms with Gasteiger partial charge in [-0.1, -0.05) is 94.4 Å². The minimum absolute atomic E-state index is 0.0530. The predicted molar refractivity (Wildman–Crippen MR) is 217 cm³/mol. The van der Waals surface area contributed by atoms with Gasteiger partial charge < -0.3 is 26.6 Å². The van der Waals surface area contributed by atoms with Gasteiger partial charge in [0.25, 0.3) is 11.8 Å². The first-order valence-corrected chi connectivity index (χ1v) is 20.3. The zero-order valence-corrected chi connectivity index (χ0v) is 33.8. The van der Waals surface area contributed by atoms with E-state index in [2.05, 4.69) is 15.5 Å². The van der Waals surface area contributed by atoms with Crippen molar-refractivity contribution in [3.05, 3.63) is 101 Å². The lowest BCUT2D eigenvalue weighted by atomic mass is 9.57. The molecule has 4 bridgehead atoms. The number of amides is 6. The smallest absolute Gasteiger partial charge is 0.411 e. The van der Waals surface area contributed by atoms with Crippen LogP contribution in [-0.2, 0) is 43.1 Å². The van der Waals surface area contributed by atoms with Crippen LogP contribution in [0.2, 0.25) is 0 Å². The summed E-state index contributed by atoms with van der Waals surface area (Å²) in [5.41, 5.74) is 8.74. The molecule has 2 aliphatic heterocycles. The Morgan fingerprint density at radius 2 is 1.00 bits per heavy atom. The minimum atomic E-state index is -1.96. The summed E-state index contributed by atoms with van der Waals surface area (Å²) >= 11 is 0. The van der Waals surface area contributed by atoms with Crippen LogP contribution in [0.3, 0.4) is 0 Å². The summed E-state index contributed by atoms with van der Waals surface area (Å²) in [7, 11) is 0. The Morgan fingerprint density at radius 3 is 1.32 bits per heavy atom. The quantitative estimate of drug-likeness (QED) is 0.162. The van der Waals surface area contributed by atoms with Crippen LogP contribution in [0, 0.1) is 22.7 Å². The average molecular weight is 808 g/mol. The Labute approximate surface area is 343 Å². The number of imide groups is 2. The van der Waals surface area contributed by atoms with E-state index in [1.807, 2.05) is 92.1 Å². The number of anilines is 1. The van der Waals surface area contributed by atoms with E-state index in [1.165, 1.54) is 0 Å². The second kappa shape index (κ2) is 15.1. The number of primary amides is 2. The van der Waals surface area contributed by atoms with E-state index in [9.17, 15) is 29.4 Å². The molecule has 8 N–H and O–H groups in total. The highest BCUT2D eigenvalue weighted by Gasteiger charge is 2.71. The van der Waals surface area contributed by atoms with Gasteiger partial charge in [0, 0.05) is 18.8 Å². The molecule has 6 atom stereocenters. The van der Waals surface area contributed by atoms with E-state index >= 15 is 9.59 Å². The van der Waals surface area contributed by atoms with E-state index in [4.69, 9.17) is 11.5 Å². The van der Waals surface area contributed by atoms with Gasteiger partial charge in [-0.05, 0) is 84.7 Å². The summed E-state index contributed by atoms with van der Waals surface area (Å²) in [4.78, 5) is 89.9. The van der Waals surface area contributed by atoms with Crippen molar-refractivity contribution < 1.29 is 39.0 Å². The first-order chi connectivity index (χ1) is 28.0. The molecule has 312 valence electrons. The van der Waals surface area contributed by atoms with Gasteiger partial charge in [-0.3, -0.25) is 39.6 Å². The third kappa shape index (κ3) is 5.83. The number of nitrogens with one attached hydrogen (secondary N) is 2. The van der Waals surface area contributed by atoms with Gasteiger partial charge in [0.2, 0.25) is 11.8 Å². The van der Waals surface area contributed by atoms with Crippen LogP contribution < -0.4 is 27.0 Å². The number of hydrogen-bond donors (Lipinski definition) is 6. The Bertz CT molecular complexity index is 2030.